The molecule has 10 heteroatoms. The molecular weight excluding hydrogens is 497 g/mol. The second kappa shape index (κ2) is 9.81. The molecular formula is C28H19F3N4O3. The lowest BCUT2D eigenvalue weighted by Gasteiger charge is -2.12. The first-order chi connectivity index (χ1) is 18.2. The largest absolute Gasteiger partial charge is 0.452 e. The van der Waals surface area contributed by atoms with Crippen LogP contribution < -0.4 is 15.5 Å². The van der Waals surface area contributed by atoms with Crippen LogP contribution in [0.2, 0.25) is 0 Å². The lowest BCUT2D eigenvalue weighted by molar-refractivity contribution is 0.102. The molecule has 2 aromatic carbocycles. The zero-order valence-electron chi connectivity index (χ0n) is 20.1. The average molecular weight is 516 g/mol. The Bertz CT molecular complexity index is 1770. The Morgan fingerprint density at radius 1 is 0.974 bits per heavy atom. The van der Waals surface area contributed by atoms with Gasteiger partial charge in [0, 0.05) is 47.0 Å². The molecule has 0 unspecified atom stereocenters. The first-order valence-electron chi connectivity index (χ1n) is 11.4. The van der Waals surface area contributed by atoms with E-state index in [9.17, 15) is 22.8 Å². The van der Waals surface area contributed by atoms with Crippen molar-refractivity contribution in [1.82, 2.24) is 15.0 Å². The summed E-state index contributed by atoms with van der Waals surface area (Å²) < 4.78 is 47.9. The number of aromatic nitrogens is 3. The van der Waals surface area contributed by atoms with Gasteiger partial charge in [0.15, 0.2) is 17.3 Å². The highest BCUT2D eigenvalue weighted by molar-refractivity contribution is 6.04. The van der Waals surface area contributed by atoms with Gasteiger partial charge in [-0.25, -0.2) is 13.8 Å². The Balaban J connectivity index is 1.40. The van der Waals surface area contributed by atoms with E-state index in [1.807, 2.05) is 0 Å². The lowest BCUT2D eigenvalue weighted by Crippen LogP contribution is -2.23. The number of benzene rings is 2. The van der Waals surface area contributed by atoms with Gasteiger partial charge in [0.2, 0.25) is 11.4 Å². The van der Waals surface area contributed by atoms with Crippen molar-refractivity contribution >= 4 is 22.6 Å². The summed E-state index contributed by atoms with van der Waals surface area (Å²) in [5, 5.41) is 2.50. The maximum atomic E-state index is 14.9. The molecule has 0 saturated carbocycles. The summed E-state index contributed by atoms with van der Waals surface area (Å²) >= 11 is 0. The zero-order valence-corrected chi connectivity index (χ0v) is 20.1. The SMILES string of the molecule is Cc1cc2nccc(Oc3ccc(NC(=O)c4c[nH]c(C)c(-c5ccc(F)cc5)c4=O)cc3F)c2nc1F. The summed E-state index contributed by atoms with van der Waals surface area (Å²) in [6, 6.07) is 12.0. The quantitative estimate of drug-likeness (QED) is 0.277. The minimum Gasteiger partial charge on any atom is -0.452 e. The molecule has 0 radical (unpaired) electrons. The maximum absolute atomic E-state index is 14.9. The third-order valence-electron chi connectivity index (χ3n) is 5.87. The summed E-state index contributed by atoms with van der Waals surface area (Å²) in [5.74, 6) is -2.82. The van der Waals surface area contributed by atoms with Gasteiger partial charge >= 0.3 is 0 Å². The van der Waals surface area contributed by atoms with Crippen molar-refractivity contribution in [3.8, 4) is 22.6 Å². The van der Waals surface area contributed by atoms with Crippen molar-refractivity contribution in [3.05, 3.63) is 112 Å². The van der Waals surface area contributed by atoms with E-state index in [2.05, 4.69) is 20.3 Å². The molecule has 0 spiro atoms. The molecule has 190 valence electrons. The molecule has 7 nitrogen and oxygen atoms in total. The van der Waals surface area contributed by atoms with Gasteiger partial charge in [0.1, 0.15) is 16.9 Å². The highest BCUT2D eigenvalue weighted by Gasteiger charge is 2.18. The van der Waals surface area contributed by atoms with Gasteiger partial charge in [-0.05, 0) is 49.7 Å². The molecule has 2 N–H and O–H groups in total. The van der Waals surface area contributed by atoms with Crippen molar-refractivity contribution in [1.29, 1.82) is 0 Å². The highest BCUT2D eigenvalue weighted by Crippen LogP contribution is 2.31. The van der Waals surface area contributed by atoms with E-state index in [0.29, 0.717) is 22.3 Å². The molecule has 0 aliphatic rings. The number of halogens is 3. The van der Waals surface area contributed by atoms with Gasteiger partial charge < -0.3 is 15.0 Å². The molecule has 3 aromatic heterocycles. The Hall–Kier alpha value is -4.99. The fourth-order valence-electron chi connectivity index (χ4n) is 3.94. The molecule has 0 fully saturated rings. The molecule has 0 saturated heterocycles. The Labute approximate surface area is 214 Å². The van der Waals surface area contributed by atoms with Crippen LogP contribution >= 0.6 is 0 Å². The van der Waals surface area contributed by atoms with Gasteiger partial charge in [-0.15, -0.1) is 0 Å². The molecule has 5 aromatic rings. The molecule has 38 heavy (non-hydrogen) atoms. The molecule has 0 atom stereocenters. The molecule has 0 aliphatic carbocycles. The van der Waals surface area contributed by atoms with Crippen LogP contribution in [-0.4, -0.2) is 20.9 Å². The number of amides is 1. The van der Waals surface area contributed by atoms with E-state index in [0.717, 1.165) is 6.07 Å². The molecule has 1 amide bonds. The number of hydrogen-bond acceptors (Lipinski definition) is 5. The summed E-state index contributed by atoms with van der Waals surface area (Å²) in [4.78, 5) is 36.8. The van der Waals surface area contributed by atoms with Gasteiger partial charge in [-0.3, -0.25) is 14.6 Å². The van der Waals surface area contributed by atoms with Gasteiger partial charge in [0.05, 0.1) is 5.52 Å². The number of carbonyl (C=O) groups is 1. The van der Waals surface area contributed by atoms with E-state index < -0.39 is 28.9 Å². The Kier molecular flexibility index (Phi) is 6.38. The molecule has 0 bridgehead atoms. The van der Waals surface area contributed by atoms with Crippen LogP contribution in [0.4, 0.5) is 18.9 Å². The Morgan fingerprint density at radius 2 is 1.74 bits per heavy atom. The summed E-state index contributed by atoms with van der Waals surface area (Å²) in [6.07, 6.45) is 2.69. The van der Waals surface area contributed by atoms with Crippen LogP contribution in [0.15, 0.2) is 71.8 Å². The average Bonchev–Trinajstić information content (AvgIpc) is 2.88. The van der Waals surface area contributed by atoms with Crippen LogP contribution in [0.3, 0.4) is 0 Å². The normalized spacial score (nSPS) is 11.0. The number of aromatic amines is 1. The second-order valence-corrected chi connectivity index (χ2v) is 8.51. The Morgan fingerprint density at radius 3 is 2.47 bits per heavy atom. The molecule has 5 rings (SSSR count). The highest BCUT2D eigenvalue weighted by atomic mass is 19.1. The minimum atomic E-state index is -0.815. The van der Waals surface area contributed by atoms with Crippen LogP contribution in [0.25, 0.3) is 22.2 Å². The summed E-state index contributed by atoms with van der Waals surface area (Å²) in [5.41, 5.74) is 1.29. The number of ether oxygens (including phenoxy) is 1. The number of hydrogen-bond donors (Lipinski definition) is 2. The number of rotatable bonds is 5. The van der Waals surface area contributed by atoms with Gasteiger partial charge in [-0.1, -0.05) is 12.1 Å². The topological polar surface area (TPSA) is 97.0 Å². The third kappa shape index (κ3) is 4.71. The predicted molar refractivity (Wildman–Crippen MR) is 136 cm³/mol. The standard InChI is InChI=1S/C28H19F3N4O3/c1-14-11-21-25(35-27(14)31)23(9-10-32-21)38-22-8-7-18(12-20(22)30)34-28(37)19-13-33-15(2)24(26(19)36)16-3-5-17(29)6-4-16/h3-13H,1-2H3,(H,33,36)(H,34,37). The first kappa shape index (κ1) is 24.7. The lowest BCUT2D eigenvalue weighted by atomic mass is 10.0. The van der Waals surface area contributed by atoms with Crippen molar-refractivity contribution in [2.24, 2.45) is 0 Å². The predicted octanol–water partition coefficient (Wildman–Crippen LogP) is 6.06. The smallest absolute Gasteiger partial charge is 0.261 e. The number of aryl methyl sites for hydroxylation is 2. The van der Waals surface area contributed by atoms with Crippen molar-refractivity contribution in [2.75, 3.05) is 5.32 Å². The monoisotopic (exact) mass is 516 g/mol. The van der Waals surface area contributed by atoms with Gasteiger partial charge in [-0.2, -0.15) is 4.39 Å². The zero-order chi connectivity index (χ0) is 27.0. The fourth-order valence-corrected chi connectivity index (χ4v) is 3.94. The van der Waals surface area contributed by atoms with Crippen LogP contribution in [-0.2, 0) is 0 Å². The molecule has 0 aliphatic heterocycles. The van der Waals surface area contributed by atoms with Crippen molar-refractivity contribution < 1.29 is 22.7 Å². The summed E-state index contributed by atoms with van der Waals surface area (Å²) in [7, 11) is 0. The van der Waals surface area contributed by atoms with Crippen LogP contribution in [0, 0.1) is 31.4 Å². The van der Waals surface area contributed by atoms with Crippen LogP contribution in [0.5, 0.6) is 11.5 Å². The summed E-state index contributed by atoms with van der Waals surface area (Å²) in [6.45, 7) is 3.21. The van der Waals surface area contributed by atoms with E-state index >= 15 is 0 Å². The first-order valence-corrected chi connectivity index (χ1v) is 11.4. The number of nitrogens with zero attached hydrogens (tertiary/aromatic N) is 2. The van der Waals surface area contributed by atoms with Crippen molar-refractivity contribution in [3.63, 3.8) is 0 Å². The van der Waals surface area contributed by atoms with E-state index in [1.54, 1.807) is 13.8 Å². The number of nitrogens with one attached hydrogen (secondary N) is 2. The maximum Gasteiger partial charge on any atom is 0.261 e. The minimum absolute atomic E-state index is 0.0718. The van der Waals surface area contributed by atoms with E-state index in [-0.39, 0.29) is 33.8 Å². The number of fused-ring (bicyclic) bond motifs is 1. The number of pyridine rings is 3. The fraction of sp³-hybridized carbons (Fsp3) is 0.0714. The number of anilines is 1. The number of carbonyl (C=O) groups excluding carboxylic acids is 1. The van der Waals surface area contributed by atoms with Gasteiger partial charge in [0.25, 0.3) is 5.91 Å². The number of H-pyrrole nitrogens is 1. The molecule has 3 heterocycles. The second-order valence-electron chi connectivity index (χ2n) is 8.51. The third-order valence-corrected chi connectivity index (χ3v) is 5.87. The van der Waals surface area contributed by atoms with Crippen molar-refractivity contribution in [2.45, 2.75) is 13.8 Å². The van der Waals surface area contributed by atoms with E-state index in [4.69, 9.17) is 4.74 Å². The van der Waals surface area contributed by atoms with Crippen LogP contribution in [0.1, 0.15) is 21.6 Å². The van der Waals surface area contributed by atoms with E-state index in [1.165, 1.54) is 60.9 Å².